The second kappa shape index (κ2) is 14.8. The Labute approximate surface area is 386 Å². The van der Waals surface area contributed by atoms with Crippen molar-refractivity contribution in [1.29, 1.82) is 0 Å². The van der Waals surface area contributed by atoms with E-state index in [0.29, 0.717) is 0 Å². The minimum absolute atomic E-state index is 0.871. The van der Waals surface area contributed by atoms with Crippen LogP contribution in [-0.4, -0.2) is 0 Å². The van der Waals surface area contributed by atoms with E-state index in [0.717, 1.165) is 83.0 Å². The molecule has 0 saturated carbocycles. The van der Waals surface area contributed by atoms with Gasteiger partial charge in [0.2, 0.25) is 0 Å². The van der Waals surface area contributed by atoms with Gasteiger partial charge >= 0.3 is 0 Å². The molecule has 0 bridgehead atoms. The lowest BCUT2D eigenvalue weighted by Gasteiger charge is -2.31. The summed E-state index contributed by atoms with van der Waals surface area (Å²) in [5, 5.41) is 13.8. The molecule has 2 heterocycles. The van der Waals surface area contributed by atoms with E-state index in [2.05, 4.69) is 229 Å². The predicted molar refractivity (Wildman–Crippen MR) is 282 cm³/mol. The molecule has 0 fully saturated rings. The zero-order valence-electron chi connectivity index (χ0n) is 36.3. The molecule has 0 unspecified atom stereocenters. The Morgan fingerprint density at radius 3 is 1.13 bits per heavy atom. The van der Waals surface area contributed by atoms with Gasteiger partial charge in [-0.15, -0.1) is 0 Å². The zero-order chi connectivity index (χ0) is 44.0. The van der Waals surface area contributed by atoms with E-state index < -0.39 is 0 Å². The molecule has 0 radical (unpaired) electrons. The van der Waals surface area contributed by atoms with Crippen molar-refractivity contribution in [2.75, 3.05) is 4.90 Å². The maximum absolute atomic E-state index is 6.60. The van der Waals surface area contributed by atoms with Crippen LogP contribution in [0.1, 0.15) is 0 Å². The predicted octanol–water partition coefficient (Wildman–Crippen LogP) is 18.6. The molecule has 2 aromatic heterocycles. The molecule has 67 heavy (non-hydrogen) atoms. The van der Waals surface area contributed by atoms with E-state index in [1.807, 2.05) is 12.1 Å². The monoisotopic (exact) mass is 853 g/mol. The Kier molecular flexibility index (Phi) is 8.28. The van der Waals surface area contributed by atoms with Crippen LogP contribution in [0.2, 0.25) is 0 Å². The van der Waals surface area contributed by atoms with Crippen LogP contribution in [0.5, 0.6) is 0 Å². The number of hydrogen-bond acceptors (Lipinski definition) is 3. The average molecular weight is 854 g/mol. The summed E-state index contributed by atoms with van der Waals surface area (Å²) in [7, 11) is 0. The summed E-state index contributed by atoms with van der Waals surface area (Å²) in [6, 6.07) is 85.5. The number of rotatable bonds is 6. The summed E-state index contributed by atoms with van der Waals surface area (Å²) in [5.41, 5.74) is 13.7. The summed E-state index contributed by atoms with van der Waals surface area (Å²) < 4.78 is 13.2. The second-order valence-electron chi connectivity index (χ2n) is 17.5. The van der Waals surface area contributed by atoms with Crippen molar-refractivity contribution in [3.05, 3.63) is 237 Å². The van der Waals surface area contributed by atoms with Crippen LogP contribution < -0.4 is 4.90 Å². The van der Waals surface area contributed by atoms with Crippen molar-refractivity contribution in [1.82, 2.24) is 0 Å². The summed E-state index contributed by atoms with van der Waals surface area (Å²) in [6.45, 7) is 0. The van der Waals surface area contributed by atoms with Crippen molar-refractivity contribution in [2.45, 2.75) is 0 Å². The third kappa shape index (κ3) is 5.78. The van der Waals surface area contributed by atoms with Gasteiger partial charge in [0, 0.05) is 43.9 Å². The third-order valence-electron chi connectivity index (χ3n) is 13.8. The highest BCUT2D eigenvalue weighted by atomic mass is 16.3. The molecule has 14 rings (SSSR count). The fraction of sp³-hybridized carbons (Fsp3) is 0. The van der Waals surface area contributed by atoms with Crippen LogP contribution in [0.15, 0.2) is 245 Å². The van der Waals surface area contributed by atoms with Gasteiger partial charge < -0.3 is 13.7 Å². The molecule has 0 saturated heterocycles. The number of anilines is 3. The van der Waals surface area contributed by atoms with Gasteiger partial charge in [0.25, 0.3) is 0 Å². The molecule has 0 aliphatic carbocycles. The number of fused-ring (bicyclic) bond motifs is 11. The van der Waals surface area contributed by atoms with Gasteiger partial charge in [-0.1, -0.05) is 164 Å². The highest BCUT2D eigenvalue weighted by Gasteiger charge is 2.26. The largest absolute Gasteiger partial charge is 0.456 e. The van der Waals surface area contributed by atoms with E-state index in [-0.39, 0.29) is 0 Å². The van der Waals surface area contributed by atoms with E-state index >= 15 is 0 Å². The second-order valence-corrected chi connectivity index (χ2v) is 17.5. The number of hydrogen-bond donors (Lipinski definition) is 0. The molecule has 0 aliphatic heterocycles. The van der Waals surface area contributed by atoms with Crippen LogP contribution in [0.4, 0.5) is 17.1 Å². The van der Waals surface area contributed by atoms with Crippen LogP contribution in [0.25, 0.3) is 120 Å². The third-order valence-corrected chi connectivity index (χ3v) is 13.8. The highest BCUT2D eigenvalue weighted by Crippen LogP contribution is 2.53. The molecule has 0 aliphatic rings. The van der Waals surface area contributed by atoms with Gasteiger partial charge in [-0.3, -0.25) is 0 Å². The minimum Gasteiger partial charge on any atom is -0.456 e. The molecule has 0 amide bonds. The van der Waals surface area contributed by atoms with Crippen molar-refractivity contribution < 1.29 is 8.83 Å². The number of nitrogens with zero attached hydrogens (tertiary/aromatic N) is 1. The normalized spacial score (nSPS) is 11.9. The van der Waals surface area contributed by atoms with Crippen LogP contribution in [0, 0.1) is 0 Å². The van der Waals surface area contributed by atoms with Gasteiger partial charge in [0.1, 0.15) is 22.3 Å². The Morgan fingerprint density at radius 2 is 0.612 bits per heavy atom. The smallest absolute Gasteiger partial charge is 0.136 e. The molecule has 0 spiro atoms. The van der Waals surface area contributed by atoms with E-state index in [9.17, 15) is 0 Å². The Morgan fingerprint density at radius 1 is 0.224 bits per heavy atom. The fourth-order valence-corrected chi connectivity index (χ4v) is 10.9. The lowest BCUT2D eigenvalue weighted by Crippen LogP contribution is -2.12. The first-order valence-electron chi connectivity index (χ1n) is 22.9. The van der Waals surface area contributed by atoms with Crippen molar-refractivity contribution in [2.24, 2.45) is 0 Å². The quantitative estimate of drug-likeness (QED) is 0.123. The molecule has 3 heteroatoms. The van der Waals surface area contributed by atoms with Gasteiger partial charge in [-0.2, -0.15) is 0 Å². The summed E-state index contributed by atoms with van der Waals surface area (Å²) in [4.78, 5) is 2.44. The SMILES string of the molecule is c1ccc(-c2c(N(c3ccccc3)c3ccccc3)c3ccccc3c3cc4c(-c5ccc6c(c5)oc5ccccc56)c5ccccc5c(-c5ccc6c(c5)oc5ccccc56)c4cc23)cc1. The highest BCUT2D eigenvalue weighted by molar-refractivity contribution is 6.30. The Balaban J connectivity index is 1.18. The van der Waals surface area contributed by atoms with Crippen LogP contribution >= 0.6 is 0 Å². The van der Waals surface area contributed by atoms with E-state index in [4.69, 9.17) is 8.83 Å². The van der Waals surface area contributed by atoms with Gasteiger partial charge in [-0.05, 0) is 138 Å². The van der Waals surface area contributed by atoms with Crippen LogP contribution in [-0.2, 0) is 0 Å². The lowest BCUT2D eigenvalue weighted by atomic mass is 9.82. The fourth-order valence-electron chi connectivity index (χ4n) is 10.9. The van der Waals surface area contributed by atoms with Crippen molar-refractivity contribution in [3.63, 3.8) is 0 Å². The Bertz CT molecular complexity index is 4220. The number of benzene rings is 12. The average Bonchev–Trinajstić information content (AvgIpc) is 3.96. The molecule has 312 valence electrons. The Hall–Kier alpha value is -8.92. The summed E-state index contributed by atoms with van der Waals surface area (Å²) in [5.74, 6) is 0. The molecule has 0 atom stereocenters. The maximum Gasteiger partial charge on any atom is 0.136 e. The molecule has 3 nitrogen and oxygen atoms in total. The van der Waals surface area contributed by atoms with E-state index in [1.54, 1.807) is 0 Å². The first kappa shape index (κ1) is 37.5. The zero-order valence-corrected chi connectivity index (χ0v) is 36.3. The van der Waals surface area contributed by atoms with Gasteiger partial charge in [0.15, 0.2) is 0 Å². The molecular formula is C64H39NO2. The summed E-state index contributed by atoms with van der Waals surface area (Å²) >= 11 is 0. The van der Waals surface area contributed by atoms with Gasteiger partial charge in [0.05, 0.1) is 5.69 Å². The maximum atomic E-state index is 6.60. The molecular weight excluding hydrogens is 815 g/mol. The lowest BCUT2D eigenvalue weighted by molar-refractivity contribution is 0.668. The number of para-hydroxylation sites is 4. The summed E-state index contributed by atoms with van der Waals surface area (Å²) in [6.07, 6.45) is 0. The van der Waals surface area contributed by atoms with E-state index in [1.165, 1.54) is 54.4 Å². The topological polar surface area (TPSA) is 29.5 Å². The molecule has 0 N–H and O–H groups in total. The van der Waals surface area contributed by atoms with Gasteiger partial charge in [-0.25, -0.2) is 0 Å². The van der Waals surface area contributed by atoms with Crippen LogP contribution in [0.3, 0.4) is 0 Å². The number of furan rings is 2. The molecule has 14 aromatic rings. The first-order valence-corrected chi connectivity index (χ1v) is 22.9. The molecule has 12 aromatic carbocycles. The van der Waals surface area contributed by atoms with Crippen molar-refractivity contribution >= 4 is 104 Å². The van der Waals surface area contributed by atoms with Crippen molar-refractivity contribution in [3.8, 4) is 33.4 Å². The minimum atomic E-state index is 0.871. The standard InChI is InChI=1S/C64H39NO2/c1-4-18-40(19-5-1)63-54-39-56-55(38-53(54)45-24-10-13-29-52(45)64(63)65(43-20-6-2-7-21-43)44-22-8-3-9-23-44)61(41-32-34-48-46-25-14-16-30-57(46)66-59(48)36-41)50-27-11-12-28-51(50)62(56)42-33-35-49-47-26-15-17-31-58(47)67-60(49)37-42/h1-39H. The first-order chi connectivity index (χ1) is 33.2.